The van der Waals surface area contributed by atoms with Crippen molar-refractivity contribution in [2.75, 3.05) is 0 Å². The Bertz CT molecular complexity index is 898. The minimum atomic E-state index is -0.446. The number of nitrogens with one attached hydrogen (secondary N) is 1. The van der Waals surface area contributed by atoms with Crippen molar-refractivity contribution in [3.8, 4) is 11.4 Å². The molecule has 0 unspecified atom stereocenters. The second kappa shape index (κ2) is 5.98. The molecular formula is C15H10F2N4S. The lowest BCUT2D eigenvalue weighted by Gasteiger charge is -2.02. The van der Waals surface area contributed by atoms with Crippen LogP contribution in [0.4, 0.5) is 8.78 Å². The Balaban J connectivity index is 2.06. The van der Waals surface area contributed by atoms with E-state index in [1.54, 1.807) is 36.4 Å². The Morgan fingerprint density at radius 2 is 1.73 bits per heavy atom. The molecule has 0 aliphatic rings. The zero-order valence-electron chi connectivity index (χ0n) is 11.2. The monoisotopic (exact) mass is 316 g/mol. The molecule has 22 heavy (non-hydrogen) atoms. The van der Waals surface area contributed by atoms with Crippen LogP contribution in [-0.4, -0.2) is 21.1 Å². The molecule has 0 spiro atoms. The lowest BCUT2D eigenvalue weighted by atomic mass is 10.2. The van der Waals surface area contributed by atoms with Gasteiger partial charge in [0, 0.05) is 5.56 Å². The van der Waals surface area contributed by atoms with E-state index in [-0.39, 0.29) is 16.2 Å². The minimum Gasteiger partial charge on any atom is -0.250 e. The maximum absolute atomic E-state index is 13.9. The smallest absolute Gasteiger partial charge is 0.216 e. The first kappa shape index (κ1) is 14.3. The molecule has 3 rings (SSSR count). The van der Waals surface area contributed by atoms with Gasteiger partial charge in [0.05, 0.1) is 11.8 Å². The Morgan fingerprint density at radius 1 is 1.05 bits per heavy atom. The third-order valence-electron chi connectivity index (χ3n) is 2.98. The first-order chi connectivity index (χ1) is 10.7. The van der Waals surface area contributed by atoms with Crippen LogP contribution in [0.25, 0.3) is 11.4 Å². The highest BCUT2D eigenvalue weighted by Gasteiger charge is 2.12. The number of aromatic amines is 1. The summed E-state index contributed by atoms with van der Waals surface area (Å²) in [5.41, 5.74) is 0.547. The molecule has 110 valence electrons. The highest BCUT2D eigenvalue weighted by Crippen LogP contribution is 2.20. The second-order valence-corrected chi connectivity index (χ2v) is 4.80. The van der Waals surface area contributed by atoms with Gasteiger partial charge in [0.2, 0.25) is 4.77 Å². The normalized spacial score (nSPS) is 11.2. The molecule has 0 atom stereocenters. The number of H-pyrrole nitrogens is 1. The van der Waals surface area contributed by atoms with Gasteiger partial charge >= 0.3 is 0 Å². The van der Waals surface area contributed by atoms with Crippen LogP contribution in [-0.2, 0) is 0 Å². The molecule has 0 amide bonds. The number of halogens is 2. The molecule has 0 aliphatic carbocycles. The van der Waals surface area contributed by atoms with Crippen LogP contribution in [0, 0.1) is 16.4 Å². The van der Waals surface area contributed by atoms with Crippen LogP contribution in [0.5, 0.6) is 0 Å². The number of aromatic nitrogens is 3. The largest absolute Gasteiger partial charge is 0.250 e. The average molecular weight is 316 g/mol. The molecule has 0 saturated carbocycles. The molecular weight excluding hydrogens is 306 g/mol. The maximum atomic E-state index is 13.9. The molecule has 4 nitrogen and oxygen atoms in total. The molecule has 3 aromatic rings. The summed E-state index contributed by atoms with van der Waals surface area (Å²) in [6.07, 6.45) is 1.31. The first-order valence-electron chi connectivity index (χ1n) is 6.38. The molecule has 0 aliphatic heterocycles. The minimum absolute atomic E-state index is 0.186. The first-order valence-corrected chi connectivity index (χ1v) is 6.79. The average Bonchev–Trinajstić information content (AvgIpc) is 2.88. The lowest BCUT2D eigenvalue weighted by molar-refractivity contribution is 0.625. The molecule has 0 radical (unpaired) electrons. The van der Waals surface area contributed by atoms with Gasteiger partial charge in [-0.25, -0.2) is 13.9 Å². The molecule has 1 heterocycles. The second-order valence-electron chi connectivity index (χ2n) is 4.41. The fourth-order valence-corrected chi connectivity index (χ4v) is 2.09. The quantitative estimate of drug-likeness (QED) is 0.590. The van der Waals surface area contributed by atoms with Crippen LogP contribution >= 0.6 is 12.2 Å². The molecule has 0 bridgehead atoms. The number of nitrogens with zero attached hydrogens (tertiary/aromatic N) is 3. The highest BCUT2D eigenvalue weighted by molar-refractivity contribution is 7.71. The fraction of sp³-hybridized carbons (Fsp3) is 0. The van der Waals surface area contributed by atoms with E-state index in [4.69, 9.17) is 12.2 Å². The van der Waals surface area contributed by atoms with Gasteiger partial charge < -0.3 is 0 Å². The summed E-state index contributed by atoms with van der Waals surface area (Å²) in [5, 5.41) is 10.6. The van der Waals surface area contributed by atoms with Crippen molar-refractivity contribution in [3.05, 3.63) is 70.5 Å². The van der Waals surface area contributed by atoms with Crippen molar-refractivity contribution < 1.29 is 8.78 Å². The van der Waals surface area contributed by atoms with Crippen molar-refractivity contribution in [2.24, 2.45) is 5.10 Å². The highest BCUT2D eigenvalue weighted by atomic mass is 32.1. The number of benzene rings is 2. The molecule has 7 heteroatoms. The summed E-state index contributed by atoms with van der Waals surface area (Å²) < 4.78 is 28.9. The standard InChI is InChI=1S/C15H10F2N4S/c16-12-7-3-1-5-10(12)9-18-21-14(19-20-15(21)22)11-6-2-4-8-13(11)17/h1-9H,(H,20,22). The molecule has 2 aromatic carbocycles. The summed E-state index contributed by atoms with van der Waals surface area (Å²) in [4.78, 5) is 0. The van der Waals surface area contributed by atoms with Gasteiger partial charge in [-0.05, 0) is 30.4 Å². The Kier molecular flexibility index (Phi) is 3.88. The number of rotatable bonds is 3. The van der Waals surface area contributed by atoms with E-state index in [2.05, 4.69) is 15.3 Å². The summed E-state index contributed by atoms with van der Waals surface area (Å²) in [6, 6.07) is 12.3. The summed E-state index contributed by atoms with van der Waals surface area (Å²) in [6.45, 7) is 0. The topological polar surface area (TPSA) is 46.0 Å². The molecule has 1 aromatic heterocycles. The predicted octanol–water partition coefficient (Wildman–Crippen LogP) is 3.77. The van der Waals surface area contributed by atoms with E-state index < -0.39 is 11.6 Å². The summed E-state index contributed by atoms with van der Waals surface area (Å²) in [5.74, 6) is -0.636. The lowest BCUT2D eigenvalue weighted by Crippen LogP contribution is -1.97. The summed E-state index contributed by atoms with van der Waals surface area (Å²) >= 11 is 5.08. The third-order valence-corrected chi connectivity index (χ3v) is 3.25. The Hall–Kier alpha value is -2.67. The van der Waals surface area contributed by atoms with E-state index in [1.807, 2.05) is 0 Å². The third kappa shape index (κ3) is 2.71. The van der Waals surface area contributed by atoms with Gasteiger partial charge in [-0.2, -0.15) is 14.9 Å². The molecule has 0 saturated heterocycles. The van der Waals surface area contributed by atoms with Crippen molar-refractivity contribution in [1.29, 1.82) is 0 Å². The zero-order chi connectivity index (χ0) is 15.5. The van der Waals surface area contributed by atoms with Crippen molar-refractivity contribution in [3.63, 3.8) is 0 Å². The van der Waals surface area contributed by atoms with Gasteiger partial charge in [0.25, 0.3) is 0 Å². The van der Waals surface area contributed by atoms with Crippen LogP contribution in [0.1, 0.15) is 5.56 Å². The van der Waals surface area contributed by atoms with Gasteiger partial charge in [0.1, 0.15) is 11.6 Å². The fourth-order valence-electron chi connectivity index (χ4n) is 1.92. The van der Waals surface area contributed by atoms with Crippen LogP contribution in [0.2, 0.25) is 0 Å². The SMILES string of the molecule is Fc1ccccc1C=Nn1c(-c2ccccc2F)n[nH]c1=S. The van der Waals surface area contributed by atoms with Crippen LogP contribution in [0.15, 0.2) is 53.6 Å². The van der Waals surface area contributed by atoms with E-state index in [0.717, 1.165) is 0 Å². The van der Waals surface area contributed by atoms with E-state index >= 15 is 0 Å². The van der Waals surface area contributed by atoms with Gasteiger partial charge in [-0.15, -0.1) is 0 Å². The van der Waals surface area contributed by atoms with Crippen molar-refractivity contribution in [1.82, 2.24) is 14.9 Å². The molecule has 1 N–H and O–H groups in total. The van der Waals surface area contributed by atoms with E-state index in [9.17, 15) is 8.78 Å². The van der Waals surface area contributed by atoms with Crippen LogP contribution in [0.3, 0.4) is 0 Å². The Morgan fingerprint density at radius 3 is 2.45 bits per heavy atom. The van der Waals surface area contributed by atoms with Crippen molar-refractivity contribution in [2.45, 2.75) is 0 Å². The zero-order valence-corrected chi connectivity index (χ0v) is 12.0. The van der Waals surface area contributed by atoms with Gasteiger partial charge in [0.15, 0.2) is 5.82 Å². The van der Waals surface area contributed by atoms with Gasteiger partial charge in [-0.1, -0.05) is 30.3 Å². The predicted molar refractivity (Wildman–Crippen MR) is 82.2 cm³/mol. The van der Waals surface area contributed by atoms with Crippen LogP contribution < -0.4 is 0 Å². The Labute approximate surface area is 129 Å². The number of hydrogen-bond acceptors (Lipinski definition) is 3. The molecule has 0 fully saturated rings. The van der Waals surface area contributed by atoms with E-state index in [1.165, 1.54) is 23.0 Å². The van der Waals surface area contributed by atoms with Crippen molar-refractivity contribution >= 4 is 18.4 Å². The maximum Gasteiger partial charge on any atom is 0.216 e. The van der Waals surface area contributed by atoms with Gasteiger partial charge in [-0.3, -0.25) is 0 Å². The van der Waals surface area contributed by atoms with E-state index in [0.29, 0.717) is 5.56 Å². The number of hydrogen-bond donors (Lipinski definition) is 1. The summed E-state index contributed by atoms with van der Waals surface area (Å²) in [7, 11) is 0.